The third-order valence-electron chi connectivity index (χ3n) is 9.21. The van der Waals surface area contributed by atoms with Crippen LogP contribution in [-0.2, 0) is 48.5 Å². The molecular weight excluding hydrogens is 734 g/mol. The number of rotatable bonds is 2. The number of halogens is 2. The Morgan fingerprint density at radius 2 is 0.750 bits per heavy atom. The molecule has 4 aromatic carbocycles. The molecule has 228 valence electrons. The van der Waals surface area contributed by atoms with Crippen LogP contribution in [0.1, 0.15) is 104 Å². The van der Waals surface area contributed by atoms with Crippen LogP contribution >= 0.6 is 0 Å². The number of hydrogen-bond acceptors (Lipinski definition) is 0. The largest absolute Gasteiger partial charge is 1.00 e. The number of benzene rings is 2. The minimum atomic E-state index is 0. The Labute approximate surface area is 309 Å². The molecule has 4 heteroatoms. The van der Waals surface area contributed by atoms with Crippen LogP contribution in [0.25, 0.3) is 12.2 Å². The maximum absolute atomic E-state index is 2.35. The molecule has 0 radical (unpaired) electrons. The van der Waals surface area contributed by atoms with Crippen molar-refractivity contribution in [2.75, 3.05) is 0 Å². The SMILES string of the molecule is C[CH]=[Zr+2].C[CH]=[Zr+2].Cc1c(C)c(C)[c-](C2C=Cc3ccccc32)c1C.Cc1c(C)c(C)[c-](C2C=Cc3ccccc32)c1C.[Cl-].[Cl-]. The molecule has 0 amide bonds. The first-order valence-electron chi connectivity index (χ1n) is 15.0. The molecule has 0 N–H and O–H groups in total. The second-order valence-electron chi connectivity index (χ2n) is 11.3. The van der Waals surface area contributed by atoms with Crippen LogP contribution in [0.4, 0.5) is 0 Å². The van der Waals surface area contributed by atoms with Crippen molar-refractivity contribution in [2.24, 2.45) is 0 Å². The first-order chi connectivity index (χ1) is 20.0. The van der Waals surface area contributed by atoms with Gasteiger partial charge in [-0.1, -0.05) is 128 Å². The van der Waals surface area contributed by atoms with Gasteiger partial charge in [0, 0.05) is 0 Å². The van der Waals surface area contributed by atoms with Crippen LogP contribution in [0.3, 0.4) is 0 Å². The summed E-state index contributed by atoms with van der Waals surface area (Å²) in [4.78, 5) is 0. The summed E-state index contributed by atoms with van der Waals surface area (Å²) in [5.74, 6) is 0.905. The smallest absolute Gasteiger partial charge is 0.0168 e. The minimum Gasteiger partial charge on any atom is -1.00 e. The fourth-order valence-corrected chi connectivity index (χ4v) is 6.43. The van der Waals surface area contributed by atoms with E-state index in [4.69, 9.17) is 0 Å². The first kappa shape index (κ1) is 40.7. The van der Waals surface area contributed by atoms with Crippen molar-refractivity contribution in [2.45, 2.75) is 81.1 Å². The molecule has 0 fully saturated rings. The van der Waals surface area contributed by atoms with Crippen molar-refractivity contribution in [3.8, 4) is 0 Å². The summed E-state index contributed by atoms with van der Waals surface area (Å²) in [6.07, 6.45) is 9.21. The number of allylic oxidation sites excluding steroid dienone is 2. The van der Waals surface area contributed by atoms with Crippen molar-refractivity contribution in [3.05, 3.63) is 139 Å². The Morgan fingerprint density at radius 3 is 1.02 bits per heavy atom. The number of fused-ring (bicyclic) bond motifs is 2. The first-order valence-corrected chi connectivity index (χ1v) is 17.8. The van der Waals surface area contributed by atoms with Gasteiger partial charge in [-0.2, -0.15) is 44.5 Å². The summed E-state index contributed by atoms with van der Waals surface area (Å²) in [5.41, 5.74) is 20.4. The molecule has 0 heterocycles. The zero-order valence-electron chi connectivity index (χ0n) is 28.0. The molecule has 0 bridgehead atoms. The Hall–Kier alpha value is -1.29. The molecule has 0 aliphatic heterocycles. The molecule has 2 atom stereocenters. The summed E-state index contributed by atoms with van der Waals surface area (Å²) >= 11 is 3.02. The van der Waals surface area contributed by atoms with Crippen molar-refractivity contribution in [1.29, 1.82) is 0 Å². The Morgan fingerprint density at radius 1 is 0.500 bits per heavy atom. The van der Waals surface area contributed by atoms with E-state index in [-0.39, 0.29) is 24.8 Å². The van der Waals surface area contributed by atoms with Gasteiger partial charge in [0.05, 0.1) is 0 Å². The standard InChI is InChI=1S/2C18H19.2C2H4.2ClH.2Zr/c2*1-11-12(2)14(4)18(13(11)3)17-10-9-15-7-5-6-8-16(15)17;2*1-2;;;;/h2*5-10,17H,1-4H3;2*1H,2H3;2*1H;;/q2*-1;;;;;2*+2/p-2. The third kappa shape index (κ3) is 8.54. The molecule has 2 aliphatic carbocycles. The summed E-state index contributed by atoms with van der Waals surface area (Å²) < 4.78 is 4.18. The van der Waals surface area contributed by atoms with Crippen molar-refractivity contribution in [1.82, 2.24) is 0 Å². The van der Waals surface area contributed by atoms with Gasteiger partial charge < -0.3 is 24.8 Å². The normalized spacial score (nSPS) is 14.8. The maximum atomic E-state index is 2.35. The summed E-state index contributed by atoms with van der Waals surface area (Å²) in [6, 6.07) is 17.5. The predicted octanol–water partition coefficient (Wildman–Crippen LogP) is 4.31. The van der Waals surface area contributed by atoms with E-state index in [1.807, 2.05) is 13.8 Å². The fourth-order valence-electron chi connectivity index (χ4n) is 6.43. The third-order valence-corrected chi connectivity index (χ3v) is 9.21. The van der Waals surface area contributed by atoms with E-state index in [9.17, 15) is 0 Å². The van der Waals surface area contributed by atoms with Crippen LogP contribution in [0, 0.1) is 55.4 Å². The van der Waals surface area contributed by atoms with Gasteiger partial charge in [0.2, 0.25) is 0 Å². The van der Waals surface area contributed by atoms with E-state index in [1.165, 1.54) is 126 Å². The van der Waals surface area contributed by atoms with Crippen LogP contribution < -0.4 is 24.8 Å². The number of hydrogen-bond donors (Lipinski definition) is 0. The van der Waals surface area contributed by atoms with E-state index in [0.717, 1.165) is 0 Å². The zero-order chi connectivity index (χ0) is 31.1. The van der Waals surface area contributed by atoms with Gasteiger partial charge in [-0.05, 0) is 34.1 Å². The topological polar surface area (TPSA) is 0 Å². The van der Waals surface area contributed by atoms with Crippen LogP contribution in [0.5, 0.6) is 0 Å². The molecule has 0 saturated carbocycles. The predicted molar refractivity (Wildman–Crippen MR) is 180 cm³/mol. The van der Waals surface area contributed by atoms with E-state index >= 15 is 0 Å². The Bertz CT molecular complexity index is 1450. The Balaban J connectivity index is 0.000000360. The minimum absolute atomic E-state index is 0. The zero-order valence-corrected chi connectivity index (χ0v) is 34.4. The van der Waals surface area contributed by atoms with Gasteiger partial charge in [-0.15, -0.1) is 11.1 Å². The summed E-state index contributed by atoms with van der Waals surface area (Å²) in [5, 5.41) is 0. The van der Waals surface area contributed by atoms with Gasteiger partial charge in [0.1, 0.15) is 0 Å². The van der Waals surface area contributed by atoms with Gasteiger partial charge >= 0.3 is 69.7 Å². The van der Waals surface area contributed by atoms with Crippen LogP contribution in [0.15, 0.2) is 60.7 Å². The van der Waals surface area contributed by atoms with Crippen molar-refractivity contribution >= 4 is 19.6 Å². The van der Waals surface area contributed by atoms with E-state index in [0.29, 0.717) is 11.8 Å². The quantitative estimate of drug-likeness (QED) is 0.267. The molecule has 2 unspecified atom stereocenters. The van der Waals surface area contributed by atoms with Crippen LogP contribution in [0.2, 0.25) is 0 Å². The molecule has 0 aromatic heterocycles. The van der Waals surface area contributed by atoms with Gasteiger partial charge in [0.25, 0.3) is 0 Å². The molecular formula is C40H46Cl2Zr2. The molecule has 6 rings (SSSR count). The summed E-state index contributed by atoms with van der Waals surface area (Å²) in [7, 11) is 0. The van der Waals surface area contributed by atoms with E-state index in [2.05, 4.69) is 136 Å². The second kappa shape index (κ2) is 18.8. The molecule has 2 aliphatic rings. The molecule has 0 saturated heterocycles. The van der Waals surface area contributed by atoms with E-state index in [1.54, 1.807) is 0 Å². The molecule has 0 nitrogen and oxygen atoms in total. The van der Waals surface area contributed by atoms with Gasteiger partial charge in [-0.3, -0.25) is 0 Å². The Kier molecular flexibility index (Phi) is 17.4. The maximum Gasteiger partial charge on any atom is -0.0168 e. The molecule has 0 spiro atoms. The summed E-state index contributed by atoms with van der Waals surface area (Å²) in [6.45, 7) is 22.1. The average Bonchev–Trinajstić information content (AvgIpc) is 3.69. The fraction of sp³-hybridized carbons (Fsp3) is 0.300. The van der Waals surface area contributed by atoms with Crippen LogP contribution in [-0.4, -0.2) is 7.42 Å². The second-order valence-corrected chi connectivity index (χ2v) is 14.2. The van der Waals surface area contributed by atoms with Crippen molar-refractivity contribution in [3.63, 3.8) is 0 Å². The van der Waals surface area contributed by atoms with E-state index < -0.39 is 0 Å². The molecule has 4 aromatic rings. The monoisotopic (exact) mass is 776 g/mol. The average molecular weight is 780 g/mol. The molecule has 44 heavy (non-hydrogen) atoms. The van der Waals surface area contributed by atoms with Gasteiger partial charge in [-0.25, -0.2) is 0 Å². The van der Waals surface area contributed by atoms with Gasteiger partial charge in [0.15, 0.2) is 0 Å². The van der Waals surface area contributed by atoms with Crippen molar-refractivity contribution < 1.29 is 73.3 Å².